The Morgan fingerprint density at radius 2 is 2.00 bits per heavy atom. The predicted molar refractivity (Wildman–Crippen MR) is 120 cm³/mol. The molecule has 1 heterocycles. The minimum Gasteiger partial charge on any atom is -0.366 e. The Morgan fingerprint density at radius 1 is 1.26 bits per heavy atom. The summed E-state index contributed by atoms with van der Waals surface area (Å²) in [5.41, 5.74) is 7.82. The molecular weight excluding hydrogens is 352 g/mol. The van der Waals surface area contributed by atoms with Crippen molar-refractivity contribution in [3.8, 4) is 0 Å². The lowest BCUT2D eigenvalue weighted by molar-refractivity contribution is 0.381. The predicted octanol–water partition coefficient (Wildman–Crippen LogP) is 5.12. The molecule has 0 saturated carbocycles. The Bertz CT molecular complexity index is 829. The average molecular weight is 381 g/mol. The molecule has 0 radical (unpaired) electrons. The second-order valence-electron chi connectivity index (χ2n) is 7.67. The molecule has 5 heteroatoms. The van der Waals surface area contributed by atoms with Crippen LogP contribution in [-0.4, -0.2) is 23.4 Å². The molecule has 0 spiro atoms. The van der Waals surface area contributed by atoms with Gasteiger partial charge in [-0.2, -0.15) is 5.10 Å². The number of benzene rings is 2. The molecule has 0 aliphatic carbocycles. The number of rotatable bonds is 4. The number of nitrogens with one attached hydrogen (secondary N) is 2. The number of nitrogens with zero attached hydrogens (tertiary/aromatic N) is 2. The van der Waals surface area contributed by atoms with Crippen molar-refractivity contribution in [2.45, 2.75) is 45.6 Å². The molecule has 4 nitrogen and oxygen atoms in total. The van der Waals surface area contributed by atoms with E-state index in [4.69, 9.17) is 12.2 Å². The fourth-order valence-electron chi connectivity index (χ4n) is 4.03. The molecular formula is C22H28N4S. The minimum absolute atomic E-state index is 0.188. The van der Waals surface area contributed by atoms with Crippen LogP contribution in [0, 0.1) is 0 Å². The monoisotopic (exact) mass is 380 g/mol. The summed E-state index contributed by atoms with van der Waals surface area (Å²) in [5, 5.41) is 7.87. The molecule has 2 aromatic carbocycles. The van der Waals surface area contributed by atoms with E-state index in [-0.39, 0.29) is 5.54 Å². The van der Waals surface area contributed by atoms with Gasteiger partial charge in [-0.1, -0.05) is 31.2 Å². The number of fused-ring (bicyclic) bond motifs is 1. The fraction of sp³-hybridized carbons (Fsp3) is 0.364. The van der Waals surface area contributed by atoms with E-state index in [0.29, 0.717) is 11.0 Å². The Balaban J connectivity index is 1.69. The van der Waals surface area contributed by atoms with E-state index in [1.54, 1.807) is 0 Å². The number of hydrogen-bond donors (Lipinski definition) is 2. The molecule has 2 N–H and O–H groups in total. The number of hydrazone groups is 1. The molecule has 1 atom stereocenters. The van der Waals surface area contributed by atoms with Gasteiger partial charge in [0.15, 0.2) is 5.11 Å². The molecule has 0 amide bonds. The molecule has 2 aromatic rings. The standard InChI is InChI=1S/C22H28N4S/c1-5-26-20-12-11-17(13-19(20)16(2)14-22(26,3)4)15-23-25-21(27)24-18-9-7-6-8-10-18/h6-13,15-16H,5,14H2,1-4H3,(H2,24,25,27)/b23-15+. The van der Waals surface area contributed by atoms with Crippen LogP contribution >= 0.6 is 12.2 Å². The molecule has 1 aliphatic heterocycles. The summed E-state index contributed by atoms with van der Waals surface area (Å²) in [6.07, 6.45) is 2.97. The van der Waals surface area contributed by atoms with Gasteiger partial charge in [-0.3, -0.25) is 5.43 Å². The maximum absolute atomic E-state index is 5.28. The SMILES string of the molecule is CCN1c2ccc(/C=N/NC(=S)Nc3ccccc3)cc2C(C)CC1(C)C. The molecule has 0 fully saturated rings. The minimum atomic E-state index is 0.188. The Hall–Kier alpha value is -2.40. The zero-order valence-corrected chi connectivity index (χ0v) is 17.3. The first kappa shape index (κ1) is 19.4. The summed E-state index contributed by atoms with van der Waals surface area (Å²) < 4.78 is 0. The molecule has 3 rings (SSSR count). The second-order valence-corrected chi connectivity index (χ2v) is 8.08. The number of anilines is 2. The molecule has 0 saturated heterocycles. The normalized spacial score (nSPS) is 18.2. The lowest BCUT2D eigenvalue weighted by Gasteiger charge is -2.47. The van der Waals surface area contributed by atoms with Gasteiger partial charge >= 0.3 is 0 Å². The molecule has 0 aromatic heterocycles. The zero-order valence-electron chi connectivity index (χ0n) is 16.5. The van der Waals surface area contributed by atoms with Crippen LogP contribution < -0.4 is 15.6 Å². The third-order valence-corrected chi connectivity index (χ3v) is 5.33. The van der Waals surface area contributed by atoms with Crippen LogP contribution in [0.4, 0.5) is 11.4 Å². The Morgan fingerprint density at radius 3 is 2.70 bits per heavy atom. The topological polar surface area (TPSA) is 39.7 Å². The Labute approximate surface area is 167 Å². The molecule has 142 valence electrons. The fourth-order valence-corrected chi connectivity index (χ4v) is 4.20. The van der Waals surface area contributed by atoms with Crippen molar-refractivity contribution in [3.05, 3.63) is 59.7 Å². The van der Waals surface area contributed by atoms with Crippen LogP contribution in [0.25, 0.3) is 0 Å². The summed E-state index contributed by atoms with van der Waals surface area (Å²) in [6.45, 7) is 10.2. The van der Waals surface area contributed by atoms with E-state index < -0.39 is 0 Å². The summed E-state index contributed by atoms with van der Waals surface area (Å²) in [6, 6.07) is 16.4. The van der Waals surface area contributed by atoms with Gasteiger partial charge in [0.05, 0.1) is 6.21 Å². The van der Waals surface area contributed by atoms with Gasteiger partial charge in [-0.25, -0.2) is 0 Å². The number of para-hydroxylation sites is 1. The highest BCUT2D eigenvalue weighted by Crippen LogP contribution is 2.43. The van der Waals surface area contributed by atoms with Gasteiger partial charge in [0.25, 0.3) is 0 Å². The third-order valence-electron chi connectivity index (χ3n) is 5.14. The van der Waals surface area contributed by atoms with Crippen LogP contribution in [0.2, 0.25) is 0 Å². The molecule has 1 aliphatic rings. The average Bonchev–Trinajstić information content (AvgIpc) is 2.62. The van der Waals surface area contributed by atoms with Crippen molar-refractivity contribution in [2.24, 2.45) is 5.10 Å². The van der Waals surface area contributed by atoms with Crippen LogP contribution in [0.3, 0.4) is 0 Å². The van der Waals surface area contributed by atoms with Gasteiger partial charge in [-0.15, -0.1) is 0 Å². The van der Waals surface area contributed by atoms with Gasteiger partial charge in [0.1, 0.15) is 0 Å². The summed E-state index contributed by atoms with van der Waals surface area (Å²) in [4.78, 5) is 2.50. The van der Waals surface area contributed by atoms with Crippen LogP contribution in [0.15, 0.2) is 53.6 Å². The first-order valence-corrected chi connectivity index (χ1v) is 9.88. The molecule has 0 bridgehead atoms. The van der Waals surface area contributed by atoms with Crippen LogP contribution in [0.5, 0.6) is 0 Å². The van der Waals surface area contributed by atoms with Crippen molar-refractivity contribution in [1.82, 2.24) is 5.43 Å². The first-order valence-electron chi connectivity index (χ1n) is 9.47. The lowest BCUT2D eigenvalue weighted by atomic mass is 9.79. The highest BCUT2D eigenvalue weighted by Gasteiger charge is 2.35. The zero-order chi connectivity index (χ0) is 19.4. The van der Waals surface area contributed by atoms with Crippen molar-refractivity contribution in [1.29, 1.82) is 0 Å². The van der Waals surface area contributed by atoms with E-state index in [2.05, 4.69) is 66.6 Å². The van der Waals surface area contributed by atoms with Crippen LogP contribution in [-0.2, 0) is 0 Å². The largest absolute Gasteiger partial charge is 0.366 e. The van der Waals surface area contributed by atoms with Gasteiger partial charge in [0, 0.05) is 23.5 Å². The van der Waals surface area contributed by atoms with E-state index in [9.17, 15) is 0 Å². The third kappa shape index (κ3) is 4.48. The van der Waals surface area contributed by atoms with Crippen LogP contribution in [0.1, 0.15) is 51.2 Å². The van der Waals surface area contributed by atoms with E-state index >= 15 is 0 Å². The second kappa shape index (κ2) is 8.09. The van der Waals surface area contributed by atoms with Crippen molar-refractivity contribution < 1.29 is 0 Å². The quantitative estimate of drug-likeness (QED) is 0.439. The first-order chi connectivity index (χ1) is 12.9. The van der Waals surface area contributed by atoms with Crippen molar-refractivity contribution in [3.63, 3.8) is 0 Å². The lowest BCUT2D eigenvalue weighted by Crippen LogP contribution is -2.48. The maximum Gasteiger partial charge on any atom is 0.191 e. The van der Waals surface area contributed by atoms with Gasteiger partial charge < -0.3 is 10.2 Å². The maximum atomic E-state index is 5.28. The molecule has 1 unspecified atom stereocenters. The summed E-state index contributed by atoms with van der Waals surface area (Å²) in [5.74, 6) is 0.528. The number of hydrogen-bond acceptors (Lipinski definition) is 3. The number of thiocarbonyl (C=S) groups is 1. The highest BCUT2D eigenvalue weighted by atomic mass is 32.1. The highest BCUT2D eigenvalue weighted by molar-refractivity contribution is 7.80. The molecule has 27 heavy (non-hydrogen) atoms. The van der Waals surface area contributed by atoms with E-state index in [1.807, 2.05) is 36.5 Å². The Kier molecular flexibility index (Phi) is 5.80. The van der Waals surface area contributed by atoms with Gasteiger partial charge in [0.2, 0.25) is 0 Å². The van der Waals surface area contributed by atoms with E-state index in [0.717, 1.165) is 24.2 Å². The van der Waals surface area contributed by atoms with E-state index in [1.165, 1.54) is 11.3 Å². The smallest absolute Gasteiger partial charge is 0.191 e. The van der Waals surface area contributed by atoms with Crippen molar-refractivity contribution >= 4 is 34.9 Å². The summed E-state index contributed by atoms with van der Waals surface area (Å²) in [7, 11) is 0. The summed E-state index contributed by atoms with van der Waals surface area (Å²) >= 11 is 5.28. The van der Waals surface area contributed by atoms with Crippen molar-refractivity contribution in [2.75, 3.05) is 16.8 Å². The van der Waals surface area contributed by atoms with Gasteiger partial charge in [-0.05, 0) is 80.7 Å².